The Bertz CT molecular complexity index is 716. The van der Waals surface area contributed by atoms with Crippen molar-refractivity contribution < 1.29 is 79.6 Å². The fraction of sp³-hybridized carbons (Fsp3) is 0.714. The number of nitrogens with one attached hydrogen (secondary N) is 4. The van der Waals surface area contributed by atoms with E-state index in [9.17, 15) is 13.7 Å². The smallest absolute Gasteiger partial charge is 0.412 e. The molecule has 10 N–H and O–H groups in total. The third-order valence-corrected chi connectivity index (χ3v) is 6.19. The zero-order chi connectivity index (χ0) is 31.6. The molecule has 0 aromatic heterocycles. The normalized spacial score (nSPS) is 9.29. The molecule has 0 aliphatic carbocycles. The molecule has 0 aliphatic rings. The van der Waals surface area contributed by atoms with Gasteiger partial charge in [0.25, 0.3) is 0 Å². The van der Waals surface area contributed by atoms with Crippen molar-refractivity contribution in [1.29, 1.82) is 0 Å². The van der Waals surface area contributed by atoms with Gasteiger partial charge in [0, 0.05) is 44.7 Å². The molecule has 0 unspecified atom stereocenters. The standard InChI is InChI=1S/2C4H8N2S4.3C2H7O3P.Al.Mn.Zn/c2*7-3(8)5-1-2-6-4(9)10;3*1-2-6(3,4)5;;;/h2*1-2H2,(H2,5,7,8)(H2,6,9,10);3*2H2,1H3,(H2,3,4,5);;;/q;;;;;+3;2*+2/p-4. The van der Waals surface area contributed by atoms with Crippen molar-refractivity contribution >= 4 is 157 Å². The second-order valence-electron chi connectivity index (χ2n) is 5.80. The Balaban J connectivity index is -0.0000000555. The van der Waals surface area contributed by atoms with E-state index < -0.39 is 22.8 Å². The van der Waals surface area contributed by atoms with Crippen LogP contribution >= 0.6 is 71.7 Å². The molecule has 1 radical (unpaired) electrons. The van der Waals surface area contributed by atoms with Gasteiger partial charge >= 0.3 is 76.7 Å². The van der Waals surface area contributed by atoms with Crippen molar-refractivity contribution in [2.24, 2.45) is 0 Å². The number of hydrogen-bond donors (Lipinski definition) is 10. The van der Waals surface area contributed by atoms with Gasteiger partial charge in [0.15, 0.2) is 0 Å². The summed E-state index contributed by atoms with van der Waals surface area (Å²) in [5, 5.41) is 11.1. The van der Waals surface area contributed by atoms with Gasteiger partial charge in [-0.2, -0.15) is 0 Å². The summed E-state index contributed by atoms with van der Waals surface area (Å²) in [6.45, 7) is 7.00. The first-order valence-corrected chi connectivity index (χ1v) is 18.5. The summed E-state index contributed by atoms with van der Waals surface area (Å²) in [6, 6.07) is 0. The maximum atomic E-state index is 9.69. The monoisotopic (exact) mass is 896 g/mol. The van der Waals surface area contributed by atoms with Crippen LogP contribution in [0.5, 0.6) is 0 Å². The van der Waals surface area contributed by atoms with Crippen LogP contribution in [0.2, 0.25) is 0 Å². The molecule has 0 atom stereocenters. The third-order valence-electron chi connectivity index (χ3n) is 2.56. The van der Waals surface area contributed by atoms with Crippen LogP contribution in [0, 0.1) is 0 Å². The van der Waals surface area contributed by atoms with E-state index in [1.54, 1.807) is 0 Å². The second kappa shape index (κ2) is 38.7. The summed E-state index contributed by atoms with van der Waals surface area (Å²) >= 11 is 36.7. The predicted molar refractivity (Wildman–Crippen MR) is 185 cm³/mol. The Kier molecular flexibility index (Phi) is 59.0. The van der Waals surface area contributed by atoms with Gasteiger partial charge in [-0.3, -0.25) is 13.7 Å². The van der Waals surface area contributed by atoms with E-state index in [0.717, 1.165) is 0 Å². The van der Waals surface area contributed by atoms with E-state index in [2.05, 4.69) is 121 Å². The van der Waals surface area contributed by atoms with E-state index >= 15 is 0 Å². The van der Waals surface area contributed by atoms with Gasteiger partial charge in [-0.1, -0.05) is 38.1 Å². The summed E-state index contributed by atoms with van der Waals surface area (Å²) in [6.07, 6.45) is -0.188. The van der Waals surface area contributed by atoms with Crippen LogP contribution in [0.4, 0.5) is 0 Å². The number of hydrogen-bond acceptors (Lipinski definition) is 11. The molecule has 235 valence electrons. The Hall–Kier alpha value is 2.57. The molecule has 13 nitrogen and oxygen atoms in total. The first-order chi connectivity index (χ1) is 16.9. The minimum Gasteiger partial charge on any atom is -0.412 e. The fourth-order valence-corrected chi connectivity index (χ4v) is 1.47. The van der Waals surface area contributed by atoms with Crippen LogP contribution in [0.3, 0.4) is 0 Å². The molecule has 0 aromatic carbocycles. The van der Waals surface area contributed by atoms with Gasteiger partial charge in [-0.25, -0.2) is 0 Å². The van der Waals surface area contributed by atoms with E-state index in [-0.39, 0.29) is 72.4 Å². The van der Waals surface area contributed by atoms with Crippen molar-refractivity contribution in [1.82, 2.24) is 21.3 Å². The van der Waals surface area contributed by atoms with E-state index in [0.29, 0.717) is 43.5 Å². The van der Waals surface area contributed by atoms with Crippen LogP contribution in [-0.2, 0) is 101 Å². The molecule has 0 aliphatic heterocycles. The molecule has 41 heavy (non-hydrogen) atoms. The third kappa shape index (κ3) is 107. The van der Waals surface area contributed by atoms with Gasteiger partial charge in [0.2, 0.25) is 0 Å². The molecule has 0 saturated carbocycles. The minimum atomic E-state index is -3.65. The van der Waals surface area contributed by atoms with E-state index in [1.165, 1.54) is 20.8 Å². The zero-order valence-corrected chi connectivity index (χ0v) is 36.6. The molecule has 0 amide bonds. The van der Waals surface area contributed by atoms with Gasteiger partial charge in [-0.05, 0) is 0 Å². The van der Waals surface area contributed by atoms with Gasteiger partial charge < -0.3 is 150 Å². The molecule has 0 heterocycles. The molecule has 0 spiro atoms. The molecule has 0 rings (SSSR count). The summed E-state index contributed by atoms with van der Waals surface area (Å²) in [5.41, 5.74) is 0. The molecule has 0 fully saturated rings. The SMILES string of the molecule is CCP(=O)(O)O.CCP(=O)(O)O.CCP(=O)(O)O.S=C([S-])NCCNC(=S)[S-].S=C([S-])NCCNC(=S)[S-].[Al+3].[Mn+2].[Zn+2]. The molecular formula is C14H33AlMnN4O9P3S8Zn+3. The van der Waals surface area contributed by atoms with E-state index in [1.807, 2.05) is 0 Å². The Morgan fingerprint density at radius 3 is 0.683 bits per heavy atom. The van der Waals surface area contributed by atoms with Crippen molar-refractivity contribution in [3.63, 3.8) is 0 Å². The first kappa shape index (κ1) is 62.4. The molecule has 27 heteroatoms. The van der Waals surface area contributed by atoms with Crippen LogP contribution in [0.15, 0.2) is 0 Å². The maximum Gasteiger partial charge on any atom is 3.00 e. The Morgan fingerprint density at radius 1 is 0.537 bits per heavy atom. The van der Waals surface area contributed by atoms with Gasteiger partial charge in [-0.15, -0.1) is 0 Å². The van der Waals surface area contributed by atoms with Crippen LogP contribution < -0.4 is 21.3 Å². The van der Waals surface area contributed by atoms with E-state index in [4.69, 9.17) is 29.4 Å². The fourth-order valence-electron chi connectivity index (χ4n) is 0.658. The topological polar surface area (TPSA) is 221 Å². The average molecular weight is 898 g/mol. The summed E-state index contributed by atoms with van der Waals surface area (Å²) in [7, 11) is -10.9. The van der Waals surface area contributed by atoms with Gasteiger partial charge in [0.1, 0.15) is 0 Å². The zero-order valence-electron chi connectivity index (χ0n) is 22.1. The van der Waals surface area contributed by atoms with Crippen molar-refractivity contribution in [2.45, 2.75) is 20.8 Å². The Labute approximate surface area is 319 Å². The molecule has 0 saturated heterocycles. The average Bonchev–Trinajstić information content (AvgIpc) is 2.74. The predicted octanol–water partition coefficient (Wildman–Crippen LogP) is -0.175. The number of rotatable bonds is 9. The van der Waals surface area contributed by atoms with Gasteiger partial charge in [0.05, 0.1) is 0 Å². The van der Waals surface area contributed by atoms with Crippen molar-refractivity contribution in [2.75, 3.05) is 44.7 Å². The van der Waals surface area contributed by atoms with Crippen molar-refractivity contribution in [3.8, 4) is 0 Å². The Morgan fingerprint density at radius 2 is 0.634 bits per heavy atom. The minimum absolute atomic E-state index is 0. The molecular weight excluding hydrogens is 865 g/mol. The summed E-state index contributed by atoms with van der Waals surface area (Å²) in [4.78, 5) is 47.6. The number of thiocarbonyl (C=S) groups is 4. The summed E-state index contributed by atoms with van der Waals surface area (Å²) in [5.74, 6) is 0. The molecule has 0 bridgehead atoms. The van der Waals surface area contributed by atoms with Crippen LogP contribution in [0.25, 0.3) is 0 Å². The van der Waals surface area contributed by atoms with Crippen LogP contribution in [-0.4, -0.2) is 109 Å². The second-order valence-corrected chi connectivity index (χ2v) is 16.0. The largest absolute Gasteiger partial charge is 3.00 e. The first-order valence-electron chi connectivity index (χ1n) is 9.86. The van der Waals surface area contributed by atoms with Crippen LogP contribution in [0.1, 0.15) is 20.8 Å². The quantitative estimate of drug-likeness (QED) is 0.0477. The maximum absolute atomic E-state index is 9.69. The summed E-state index contributed by atoms with van der Waals surface area (Å²) < 4.78 is 30.6. The molecule has 0 aromatic rings. The van der Waals surface area contributed by atoms with Crippen molar-refractivity contribution in [3.05, 3.63) is 0 Å².